The standard InChI is InChI=1S/C40H52N5O8P/c1-3-4-5-6-7-8-9-10-11-18-25-50-39(48)33(26-31-19-14-12-15-20-31)44-54(49,53-32-21-16-13-17-22-32)51-27-35-37(46)38(47)40(28-41,52-35)36-24-23-34-30(2)42-29-43-45(34)36/h12-17,19-24,29,33,35,37-38,46-47H,3-11,18,25-27H2,1-2H3,(H,44,49)/t33?,35-,37-,38-,40+,54?/m1/s1. The molecule has 1 aliphatic rings. The van der Waals surface area contributed by atoms with Crippen LogP contribution in [0.5, 0.6) is 5.75 Å². The number of hydrogen-bond donors (Lipinski definition) is 3. The molecule has 290 valence electrons. The summed E-state index contributed by atoms with van der Waals surface area (Å²) in [5.41, 5.74) is 0.129. The van der Waals surface area contributed by atoms with Crippen molar-refractivity contribution in [2.45, 2.75) is 114 Å². The smallest absolute Gasteiger partial charge is 0.459 e. The summed E-state index contributed by atoms with van der Waals surface area (Å²) in [7, 11) is -4.44. The van der Waals surface area contributed by atoms with E-state index in [9.17, 15) is 24.8 Å². The molecule has 1 saturated heterocycles. The van der Waals surface area contributed by atoms with Gasteiger partial charge in [-0.3, -0.25) is 9.32 Å². The van der Waals surface area contributed by atoms with E-state index in [0.717, 1.165) is 24.8 Å². The number of nitrogens with one attached hydrogen (secondary N) is 1. The van der Waals surface area contributed by atoms with Crippen molar-refractivity contribution in [1.29, 1.82) is 5.26 Å². The van der Waals surface area contributed by atoms with Crippen molar-refractivity contribution in [3.8, 4) is 11.8 Å². The third kappa shape index (κ3) is 10.5. The summed E-state index contributed by atoms with van der Waals surface area (Å²) < 4.78 is 39.6. The first-order valence-electron chi connectivity index (χ1n) is 18.9. The lowest BCUT2D eigenvalue weighted by molar-refractivity contribution is -0.146. The quantitative estimate of drug-likeness (QED) is 0.0437. The number of aromatic nitrogens is 3. The molecule has 1 fully saturated rings. The number of nitriles is 1. The Kier molecular flexibility index (Phi) is 15.2. The van der Waals surface area contributed by atoms with Crippen LogP contribution >= 0.6 is 7.75 Å². The van der Waals surface area contributed by atoms with E-state index in [4.69, 9.17) is 18.5 Å². The van der Waals surface area contributed by atoms with Crippen molar-refractivity contribution in [2.75, 3.05) is 13.2 Å². The molecule has 0 spiro atoms. The molecule has 0 saturated carbocycles. The molecule has 0 aliphatic carbocycles. The highest BCUT2D eigenvalue weighted by Crippen LogP contribution is 2.47. The van der Waals surface area contributed by atoms with Crippen molar-refractivity contribution < 1.29 is 38.1 Å². The average molecular weight is 762 g/mol. The van der Waals surface area contributed by atoms with E-state index in [0.29, 0.717) is 17.6 Å². The Morgan fingerprint density at radius 3 is 2.30 bits per heavy atom. The number of carbonyl (C=O) groups excluding carboxylic acids is 1. The number of carbonyl (C=O) groups is 1. The zero-order chi connectivity index (χ0) is 38.4. The first-order valence-corrected chi connectivity index (χ1v) is 20.5. The lowest BCUT2D eigenvalue weighted by atomic mass is 9.92. The Hall–Kier alpha value is -4.15. The van der Waals surface area contributed by atoms with Gasteiger partial charge in [0.1, 0.15) is 42.5 Å². The molecule has 5 rings (SSSR count). The number of nitrogens with zero attached hydrogens (tertiary/aromatic N) is 4. The molecule has 13 nitrogen and oxygen atoms in total. The number of ether oxygens (including phenoxy) is 2. The van der Waals surface area contributed by atoms with E-state index in [1.54, 1.807) is 49.4 Å². The minimum atomic E-state index is -4.44. The highest BCUT2D eigenvalue weighted by Gasteiger charge is 2.58. The summed E-state index contributed by atoms with van der Waals surface area (Å²) in [6.07, 6.45) is 8.16. The third-order valence-corrected chi connectivity index (χ3v) is 11.2. The van der Waals surface area contributed by atoms with Crippen LogP contribution < -0.4 is 9.61 Å². The number of fused-ring (bicyclic) bond motifs is 1. The van der Waals surface area contributed by atoms with E-state index >= 15 is 0 Å². The van der Waals surface area contributed by atoms with Crippen LogP contribution in [-0.4, -0.2) is 68.3 Å². The van der Waals surface area contributed by atoms with Gasteiger partial charge in [-0.15, -0.1) is 0 Å². The fourth-order valence-electron chi connectivity index (χ4n) is 6.62. The summed E-state index contributed by atoms with van der Waals surface area (Å²) in [5, 5.41) is 39.8. The van der Waals surface area contributed by atoms with Crippen molar-refractivity contribution >= 4 is 19.2 Å². The van der Waals surface area contributed by atoms with Gasteiger partial charge in [0.05, 0.1) is 30.1 Å². The lowest BCUT2D eigenvalue weighted by Gasteiger charge is -2.26. The molecule has 2 aromatic heterocycles. The molecule has 14 heteroatoms. The molecule has 54 heavy (non-hydrogen) atoms. The van der Waals surface area contributed by atoms with Gasteiger partial charge in [-0.05, 0) is 49.6 Å². The van der Waals surface area contributed by atoms with Crippen LogP contribution in [0.2, 0.25) is 0 Å². The number of hydrogen-bond acceptors (Lipinski definition) is 11. The number of aliphatic hydroxyl groups excluding tert-OH is 2. The molecule has 0 amide bonds. The van der Waals surface area contributed by atoms with Gasteiger partial charge in [-0.1, -0.05) is 113 Å². The van der Waals surface area contributed by atoms with Crippen LogP contribution in [0, 0.1) is 18.3 Å². The predicted molar refractivity (Wildman–Crippen MR) is 202 cm³/mol. The van der Waals surface area contributed by atoms with E-state index in [2.05, 4.69) is 22.1 Å². The fraction of sp³-hybridized carbons (Fsp3) is 0.500. The monoisotopic (exact) mass is 761 g/mol. The number of esters is 1. The van der Waals surface area contributed by atoms with Gasteiger partial charge in [0.15, 0.2) is 0 Å². The number of benzene rings is 2. The SMILES string of the molecule is CCCCCCCCCCCCOC(=O)C(Cc1ccccc1)NP(=O)(OC[C@H]1O[C@@](C#N)(c2ccc3c(C)ncnn23)[C@H](O)[C@@H]1O)Oc1ccccc1. The van der Waals surface area contributed by atoms with Crippen LogP contribution in [0.25, 0.3) is 5.52 Å². The van der Waals surface area contributed by atoms with Gasteiger partial charge in [-0.2, -0.15) is 15.4 Å². The molecule has 0 radical (unpaired) electrons. The first kappa shape index (κ1) is 41.0. The number of aliphatic hydroxyl groups is 2. The van der Waals surface area contributed by atoms with E-state index in [1.165, 1.54) is 49.4 Å². The average Bonchev–Trinajstić information content (AvgIpc) is 3.73. The van der Waals surface area contributed by atoms with Gasteiger partial charge in [0, 0.05) is 0 Å². The van der Waals surface area contributed by atoms with Crippen molar-refractivity contribution in [2.24, 2.45) is 0 Å². The Bertz CT molecular complexity index is 1860. The molecule has 3 heterocycles. The number of rotatable bonds is 22. The maximum atomic E-state index is 14.6. The summed E-state index contributed by atoms with van der Waals surface area (Å²) in [6, 6.07) is 21.7. The molecular formula is C40H52N5O8P. The normalized spacial score (nSPS) is 21.4. The summed E-state index contributed by atoms with van der Waals surface area (Å²) in [4.78, 5) is 17.8. The molecule has 2 unspecified atom stereocenters. The number of para-hydroxylation sites is 1. The summed E-state index contributed by atoms with van der Waals surface area (Å²) in [6.45, 7) is 3.62. The largest absolute Gasteiger partial charge is 0.465 e. The highest BCUT2D eigenvalue weighted by molar-refractivity contribution is 7.52. The van der Waals surface area contributed by atoms with E-state index in [-0.39, 0.29) is 24.5 Å². The topological polar surface area (TPSA) is 178 Å². The molecule has 1 aliphatic heterocycles. The molecule has 2 aromatic carbocycles. The minimum Gasteiger partial charge on any atom is -0.465 e. The van der Waals surface area contributed by atoms with Gasteiger partial charge in [0.25, 0.3) is 0 Å². The minimum absolute atomic E-state index is 0.116. The van der Waals surface area contributed by atoms with Gasteiger partial charge < -0.3 is 24.2 Å². The molecular weight excluding hydrogens is 709 g/mol. The summed E-state index contributed by atoms with van der Waals surface area (Å²) in [5.74, 6) is -0.428. The van der Waals surface area contributed by atoms with Crippen LogP contribution in [0.3, 0.4) is 0 Å². The molecule has 6 atom stereocenters. The molecule has 0 bridgehead atoms. The number of unbranched alkanes of at least 4 members (excludes halogenated alkanes) is 9. The first-order chi connectivity index (χ1) is 26.2. The van der Waals surface area contributed by atoms with Crippen LogP contribution in [-0.2, 0) is 35.4 Å². The second-order valence-corrected chi connectivity index (χ2v) is 15.4. The van der Waals surface area contributed by atoms with Crippen LogP contribution in [0.4, 0.5) is 0 Å². The third-order valence-electron chi connectivity index (χ3n) is 9.65. The zero-order valence-electron chi connectivity index (χ0n) is 31.1. The zero-order valence-corrected chi connectivity index (χ0v) is 32.0. The second-order valence-electron chi connectivity index (χ2n) is 13.7. The van der Waals surface area contributed by atoms with Crippen molar-refractivity contribution in [3.63, 3.8) is 0 Å². The van der Waals surface area contributed by atoms with Crippen LogP contribution in [0.15, 0.2) is 79.1 Å². The second kappa shape index (κ2) is 20.0. The van der Waals surface area contributed by atoms with Crippen molar-refractivity contribution in [1.82, 2.24) is 19.7 Å². The van der Waals surface area contributed by atoms with Gasteiger partial charge in [-0.25, -0.2) is 14.1 Å². The lowest BCUT2D eigenvalue weighted by Crippen LogP contribution is -2.41. The summed E-state index contributed by atoms with van der Waals surface area (Å²) >= 11 is 0. The van der Waals surface area contributed by atoms with Gasteiger partial charge >= 0.3 is 13.7 Å². The Labute approximate surface area is 317 Å². The van der Waals surface area contributed by atoms with Crippen LogP contribution in [0.1, 0.15) is 88.1 Å². The van der Waals surface area contributed by atoms with Gasteiger partial charge in [0.2, 0.25) is 5.60 Å². The highest BCUT2D eigenvalue weighted by atomic mass is 31.2. The predicted octanol–water partition coefficient (Wildman–Crippen LogP) is 6.75. The van der Waals surface area contributed by atoms with Crippen molar-refractivity contribution in [3.05, 3.63) is 96.1 Å². The Morgan fingerprint density at radius 1 is 0.981 bits per heavy atom. The van der Waals surface area contributed by atoms with E-state index in [1.807, 2.05) is 36.4 Å². The Morgan fingerprint density at radius 2 is 1.63 bits per heavy atom. The number of aryl methyl sites for hydroxylation is 1. The molecule has 3 N–H and O–H groups in total. The molecule has 4 aromatic rings. The van der Waals surface area contributed by atoms with E-state index < -0.39 is 50.3 Å². The maximum absolute atomic E-state index is 14.6. The Balaban J connectivity index is 1.28. The maximum Gasteiger partial charge on any atom is 0.459 e. The fourth-order valence-corrected chi connectivity index (χ4v) is 8.12.